The second-order valence-corrected chi connectivity index (χ2v) is 6.53. The minimum absolute atomic E-state index is 0.135. The summed E-state index contributed by atoms with van der Waals surface area (Å²) in [5.74, 6) is -0.467. The first kappa shape index (κ1) is 18.7. The molecule has 0 saturated carbocycles. The molecule has 0 aliphatic rings. The van der Waals surface area contributed by atoms with Crippen LogP contribution in [-0.2, 0) is 20.9 Å². The first-order valence-electron chi connectivity index (χ1n) is 7.65. The number of rotatable bonds is 8. The van der Waals surface area contributed by atoms with Gasteiger partial charge in [-0.05, 0) is 31.2 Å². The second kappa shape index (κ2) is 8.98. The Hall–Kier alpha value is -2.67. The summed E-state index contributed by atoms with van der Waals surface area (Å²) in [6.07, 6.45) is 0. The summed E-state index contributed by atoms with van der Waals surface area (Å²) in [6.45, 7) is 3.16. The zero-order chi connectivity index (χ0) is 18.2. The number of hydrogen-bond acceptors (Lipinski definition) is 6. The Balaban J connectivity index is 1.74. The van der Waals surface area contributed by atoms with Crippen molar-refractivity contribution in [3.05, 3.63) is 51.7 Å². The van der Waals surface area contributed by atoms with Crippen molar-refractivity contribution in [3.63, 3.8) is 0 Å². The standard InChI is InChI=1S/C18H19NO5S/c1-12-3-5-14(6-4-12)23-11-18(22)24-10-16(21)17-8-7-15(25-17)9-19-13(2)20/h3-8H,9-11H2,1-2H3,(H,19,20). The van der Waals surface area contributed by atoms with E-state index in [1.807, 2.05) is 19.1 Å². The zero-order valence-electron chi connectivity index (χ0n) is 14.0. The fourth-order valence-corrected chi connectivity index (χ4v) is 2.74. The molecule has 2 rings (SSSR count). The molecule has 0 radical (unpaired) electrons. The first-order valence-corrected chi connectivity index (χ1v) is 8.47. The van der Waals surface area contributed by atoms with Gasteiger partial charge in [0.05, 0.1) is 11.4 Å². The molecule has 132 valence electrons. The predicted octanol–water partition coefficient (Wildman–Crippen LogP) is 2.50. The maximum atomic E-state index is 12.0. The van der Waals surface area contributed by atoms with Crippen LogP contribution >= 0.6 is 11.3 Å². The lowest BCUT2D eigenvalue weighted by Crippen LogP contribution is -2.19. The normalized spacial score (nSPS) is 10.2. The van der Waals surface area contributed by atoms with Crippen molar-refractivity contribution in [2.75, 3.05) is 13.2 Å². The summed E-state index contributed by atoms with van der Waals surface area (Å²) >= 11 is 1.26. The number of Topliss-reactive ketones (excluding diaryl/α,β-unsaturated/α-hetero) is 1. The molecule has 0 aliphatic heterocycles. The summed E-state index contributed by atoms with van der Waals surface area (Å²) in [5.41, 5.74) is 1.09. The van der Waals surface area contributed by atoms with Crippen molar-refractivity contribution in [2.24, 2.45) is 0 Å². The van der Waals surface area contributed by atoms with Gasteiger partial charge in [0.25, 0.3) is 0 Å². The molecule has 25 heavy (non-hydrogen) atoms. The molecule has 1 aromatic heterocycles. The van der Waals surface area contributed by atoms with Gasteiger partial charge in [0.2, 0.25) is 11.7 Å². The van der Waals surface area contributed by atoms with E-state index in [9.17, 15) is 14.4 Å². The highest BCUT2D eigenvalue weighted by Crippen LogP contribution is 2.17. The van der Waals surface area contributed by atoms with Gasteiger partial charge in [-0.15, -0.1) is 11.3 Å². The molecular weight excluding hydrogens is 342 g/mol. The van der Waals surface area contributed by atoms with E-state index in [0.29, 0.717) is 17.2 Å². The highest BCUT2D eigenvalue weighted by molar-refractivity contribution is 7.14. The van der Waals surface area contributed by atoms with Crippen molar-refractivity contribution in [1.82, 2.24) is 5.32 Å². The molecule has 6 nitrogen and oxygen atoms in total. The number of amides is 1. The van der Waals surface area contributed by atoms with E-state index in [0.717, 1.165) is 10.4 Å². The lowest BCUT2D eigenvalue weighted by molar-refractivity contribution is -0.144. The van der Waals surface area contributed by atoms with Crippen LogP contribution in [0.15, 0.2) is 36.4 Å². The van der Waals surface area contributed by atoms with Gasteiger partial charge >= 0.3 is 5.97 Å². The highest BCUT2D eigenvalue weighted by Gasteiger charge is 2.13. The van der Waals surface area contributed by atoms with Crippen LogP contribution in [0, 0.1) is 6.92 Å². The Bertz CT molecular complexity index is 751. The molecule has 0 unspecified atom stereocenters. The van der Waals surface area contributed by atoms with Crippen LogP contribution in [0.25, 0.3) is 0 Å². The second-order valence-electron chi connectivity index (χ2n) is 5.36. The van der Waals surface area contributed by atoms with Gasteiger partial charge < -0.3 is 14.8 Å². The average Bonchev–Trinajstić information content (AvgIpc) is 3.06. The number of thiophene rings is 1. The van der Waals surface area contributed by atoms with Crippen molar-refractivity contribution in [2.45, 2.75) is 20.4 Å². The first-order chi connectivity index (χ1) is 11.9. The van der Waals surface area contributed by atoms with E-state index in [4.69, 9.17) is 9.47 Å². The third-order valence-electron chi connectivity index (χ3n) is 3.19. The number of hydrogen-bond donors (Lipinski definition) is 1. The van der Waals surface area contributed by atoms with E-state index in [-0.39, 0.29) is 24.9 Å². The molecule has 2 aromatic rings. The van der Waals surface area contributed by atoms with E-state index in [2.05, 4.69) is 5.32 Å². The summed E-state index contributed by atoms with van der Waals surface area (Å²) in [5, 5.41) is 2.66. The molecule has 0 aliphatic carbocycles. The third kappa shape index (κ3) is 6.39. The van der Waals surface area contributed by atoms with Gasteiger partial charge in [0.1, 0.15) is 5.75 Å². The fourth-order valence-electron chi connectivity index (χ4n) is 1.87. The van der Waals surface area contributed by atoms with Crippen LogP contribution in [-0.4, -0.2) is 30.9 Å². The number of ether oxygens (including phenoxy) is 2. The minimum atomic E-state index is -0.607. The summed E-state index contributed by atoms with van der Waals surface area (Å²) in [7, 11) is 0. The lowest BCUT2D eigenvalue weighted by Gasteiger charge is -2.06. The van der Waals surface area contributed by atoms with Crippen molar-refractivity contribution in [3.8, 4) is 5.75 Å². The number of carbonyl (C=O) groups excluding carboxylic acids is 3. The topological polar surface area (TPSA) is 81.7 Å². The number of esters is 1. The molecule has 0 saturated heterocycles. The quantitative estimate of drug-likeness (QED) is 0.577. The lowest BCUT2D eigenvalue weighted by atomic mass is 10.2. The Kier molecular flexibility index (Phi) is 6.71. The molecule has 7 heteroatoms. The number of carbonyl (C=O) groups is 3. The molecule has 1 heterocycles. The van der Waals surface area contributed by atoms with Crippen LogP contribution in [0.2, 0.25) is 0 Å². The minimum Gasteiger partial charge on any atom is -0.482 e. The van der Waals surface area contributed by atoms with Crippen molar-refractivity contribution < 1.29 is 23.9 Å². The van der Waals surface area contributed by atoms with E-state index in [1.165, 1.54) is 18.3 Å². The molecule has 0 spiro atoms. The molecule has 1 aromatic carbocycles. The van der Waals surface area contributed by atoms with E-state index in [1.54, 1.807) is 24.3 Å². The van der Waals surface area contributed by atoms with Gasteiger partial charge in [0, 0.05) is 11.8 Å². The number of ketones is 1. The van der Waals surface area contributed by atoms with Crippen LogP contribution < -0.4 is 10.1 Å². The van der Waals surface area contributed by atoms with Crippen LogP contribution in [0.3, 0.4) is 0 Å². The number of benzene rings is 1. The van der Waals surface area contributed by atoms with Gasteiger partial charge in [-0.3, -0.25) is 9.59 Å². The van der Waals surface area contributed by atoms with E-state index < -0.39 is 5.97 Å². The van der Waals surface area contributed by atoms with Crippen molar-refractivity contribution in [1.29, 1.82) is 0 Å². The Morgan fingerprint density at radius 1 is 1.04 bits per heavy atom. The molecular formula is C18H19NO5S. The zero-order valence-corrected chi connectivity index (χ0v) is 14.9. The van der Waals surface area contributed by atoms with E-state index >= 15 is 0 Å². The molecule has 0 fully saturated rings. The monoisotopic (exact) mass is 361 g/mol. The van der Waals surface area contributed by atoms with Crippen LogP contribution in [0.4, 0.5) is 0 Å². The summed E-state index contributed by atoms with van der Waals surface area (Å²) < 4.78 is 10.2. The summed E-state index contributed by atoms with van der Waals surface area (Å²) in [6, 6.07) is 10.7. The smallest absolute Gasteiger partial charge is 0.344 e. The highest BCUT2D eigenvalue weighted by atomic mass is 32.1. The number of nitrogens with one attached hydrogen (secondary N) is 1. The Labute approximate surface area is 149 Å². The predicted molar refractivity (Wildman–Crippen MR) is 93.8 cm³/mol. The van der Waals surface area contributed by atoms with Gasteiger partial charge in [0.15, 0.2) is 13.2 Å². The molecule has 1 N–H and O–H groups in total. The maximum absolute atomic E-state index is 12.0. The van der Waals surface area contributed by atoms with Crippen molar-refractivity contribution >= 4 is 29.0 Å². The van der Waals surface area contributed by atoms with Gasteiger partial charge in [-0.2, -0.15) is 0 Å². The van der Waals surface area contributed by atoms with Crippen LogP contribution in [0.1, 0.15) is 27.0 Å². The fraction of sp³-hybridized carbons (Fsp3) is 0.278. The van der Waals surface area contributed by atoms with Gasteiger partial charge in [-0.25, -0.2) is 4.79 Å². The average molecular weight is 361 g/mol. The Morgan fingerprint density at radius 2 is 1.76 bits per heavy atom. The molecule has 0 atom stereocenters. The largest absolute Gasteiger partial charge is 0.482 e. The van der Waals surface area contributed by atoms with Crippen LogP contribution in [0.5, 0.6) is 5.75 Å². The third-order valence-corrected chi connectivity index (χ3v) is 4.32. The maximum Gasteiger partial charge on any atom is 0.344 e. The Morgan fingerprint density at radius 3 is 2.44 bits per heavy atom. The van der Waals surface area contributed by atoms with Gasteiger partial charge in [-0.1, -0.05) is 17.7 Å². The SMILES string of the molecule is CC(=O)NCc1ccc(C(=O)COC(=O)COc2ccc(C)cc2)s1. The molecule has 0 bridgehead atoms. The molecule has 1 amide bonds. The number of aryl methyl sites for hydroxylation is 1. The summed E-state index contributed by atoms with van der Waals surface area (Å²) in [4.78, 5) is 35.9.